The zero-order valence-electron chi connectivity index (χ0n) is 11.8. The van der Waals surface area contributed by atoms with Crippen LogP contribution in [0.5, 0.6) is 0 Å². The fourth-order valence-corrected chi connectivity index (χ4v) is 1.78. The fourth-order valence-electron chi connectivity index (χ4n) is 1.61. The Labute approximate surface area is 130 Å². The number of amides is 3. The Morgan fingerprint density at radius 3 is 2.50 bits per heavy atom. The van der Waals surface area contributed by atoms with E-state index in [0.717, 1.165) is 6.07 Å². The molecule has 1 aromatic carbocycles. The van der Waals surface area contributed by atoms with Crippen LogP contribution in [0.3, 0.4) is 0 Å². The molecule has 9 heteroatoms. The fraction of sp³-hybridized carbons (Fsp3) is 0.385. The van der Waals surface area contributed by atoms with Gasteiger partial charge in [0.15, 0.2) is 0 Å². The van der Waals surface area contributed by atoms with Gasteiger partial charge in [-0.2, -0.15) is 13.2 Å². The third kappa shape index (κ3) is 5.10. The van der Waals surface area contributed by atoms with E-state index in [1.54, 1.807) is 6.92 Å². The van der Waals surface area contributed by atoms with Crippen LogP contribution < -0.4 is 16.0 Å². The van der Waals surface area contributed by atoms with Gasteiger partial charge >= 0.3 is 12.2 Å². The third-order valence-corrected chi connectivity index (χ3v) is 2.86. The van der Waals surface area contributed by atoms with Crippen molar-refractivity contribution in [3.05, 3.63) is 28.8 Å². The number of urea groups is 1. The summed E-state index contributed by atoms with van der Waals surface area (Å²) in [7, 11) is 0. The van der Waals surface area contributed by atoms with Crippen LogP contribution in [0.25, 0.3) is 0 Å². The largest absolute Gasteiger partial charge is 0.418 e. The highest BCUT2D eigenvalue weighted by Crippen LogP contribution is 2.36. The zero-order chi connectivity index (χ0) is 16.9. The first-order valence-electron chi connectivity index (χ1n) is 6.37. The molecule has 0 saturated carbocycles. The average molecular weight is 338 g/mol. The van der Waals surface area contributed by atoms with Crippen LogP contribution in [0, 0.1) is 0 Å². The van der Waals surface area contributed by atoms with Crippen molar-refractivity contribution in [1.82, 2.24) is 10.6 Å². The Hall–Kier alpha value is -1.96. The molecular weight excluding hydrogens is 323 g/mol. The molecule has 0 aliphatic carbocycles. The van der Waals surface area contributed by atoms with Crippen LogP contribution in [-0.4, -0.2) is 24.5 Å². The van der Waals surface area contributed by atoms with Gasteiger partial charge in [0.1, 0.15) is 6.04 Å². The van der Waals surface area contributed by atoms with Gasteiger partial charge in [0.25, 0.3) is 0 Å². The first kappa shape index (κ1) is 18.1. The molecule has 1 rings (SSSR count). The van der Waals surface area contributed by atoms with Gasteiger partial charge in [-0.05, 0) is 32.0 Å². The van der Waals surface area contributed by atoms with Crippen LogP contribution in [0.15, 0.2) is 18.2 Å². The van der Waals surface area contributed by atoms with E-state index in [-0.39, 0.29) is 5.02 Å². The summed E-state index contributed by atoms with van der Waals surface area (Å²) in [6.45, 7) is 3.49. The predicted molar refractivity (Wildman–Crippen MR) is 76.8 cm³/mol. The molecule has 1 atom stereocenters. The summed E-state index contributed by atoms with van der Waals surface area (Å²) in [5.74, 6) is -0.440. The van der Waals surface area contributed by atoms with E-state index >= 15 is 0 Å². The molecular formula is C13H15ClF3N3O2. The zero-order valence-corrected chi connectivity index (χ0v) is 12.6. The van der Waals surface area contributed by atoms with Gasteiger partial charge in [0.05, 0.1) is 11.3 Å². The minimum atomic E-state index is -4.67. The van der Waals surface area contributed by atoms with Crippen molar-refractivity contribution in [2.45, 2.75) is 26.1 Å². The highest BCUT2D eigenvalue weighted by atomic mass is 35.5. The van der Waals surface area contributed by atoms with Gasteiger partial charge in [-0.1, -0.05) is 11.6 Å². The molecule has 0 saturated heterocycles. The quantitative estimate of drug-likeness (QED) is 0.790. The number of benzene rings is 1. The van der Waals surface area contributed by atoms with E-state index < -0.39 is 35.4 Å². The number of halogens is 4. The van der Waals surface area contributed by atoms with Gasteiger partial charge in [-0.25, -0.2) is 4.79 Å². The van der Waals surface area contributed by atoms with Crippen molar-refractivity contribution in [1.29, 1.82) is 0 Å². The van der Waals surface area contributed by atoms with E-state index in [2.05, 4.69) is 16.0 Å². The van der Waals surface area contributed by atoms with Crippen LogP contribution in [-0.2, 0) is 11.0 Å². The lowest BCUT2D eigenvalue weighted by atomic mass is 10.1. The van der Waals surface area contributed by atoms with Gasteiger partial charge in [-0.15, -0.1) is 0 Å². The van der Waals surface area contributed by atoms with Crippen molar-refractivity contribution >= 4 is 29.2 Å². The Kier molecular flexibility index (Phi) is 6.04. The Balaban J connectivity index is 2.83. The molecule has 122 valence electrons. The second kappa shape index (κ2) is 7.35. The maximum absolute atomic E-state index is 12.9. The third-order valence-electron chi connectivity index (χ3n) is 2.63. The van der Waals surface area contributed by atoms with Crippen LogP contribution in [0.2, 0.25) is 5.02 Å². The Morgan fingerprint density at radius 2 is 1.95 bits per heavy atom. The molecule has 0 fully saturated rings. The van der Waals surface area contributed by atoms with Crippen molar-refractivity contribution in [2.75, 3.05) is 11.9 Å². The monoisotopic (exact) mass is 337 g/mol. The van der Waals surface area contributed by atoms with Gasteiger partial charge in [0.2, 0.25) is 5.91 Å². The summed E-state index contributed by atoms with van der Waals surface area (Å²) in [5, 5.41) is 6.68. The van der Waals surface area contributed by atoms with Crippen molar-refractivity contribution in [3.8, 4) is 0 Å². The Bertz CT molecular complexity index is 564. The Morgan fingerprint density at radius 1 is 1.32 bits per heavy atom. The minimum Gasteiger partial charge on any atom is -0.355 e. The van der Waals surface area contributed by atoms with E-state index in [1.165, 1.54) is 13.0 Å². The SMILES string of the molecule is CCNC(=O)[C@H](C)NC(=O)Nc1ccc(Cl)cc1C(F)(F)F. The summed E-state index contributed by atoms with van der Waals surface area (Å²) in [6, 6.07) is 1.17. The van der Waals surface area contributed by atoms with Crippen LogP contribution in [0.4, 0.5) is 23.7 Å². The molecule has 0 heterocycles. The molecule has 1 aromatic rings. The number of hydrogen-bond donors (Lipinski definition) is 3. The van der Waals surface area contributed by atoms with Crippen LogP contribution in [0.1, 0.15) is 19.4 Å². The molecule has 5 nitrogen and oxygen atoms in total. The van der Waals surface area contributed by atoms with E-state index in [4.69, 9.17) is 11.6 Å². The summed E-state index contributed by atoms with van der Waals surface area (Å²) < 4.78 is 38.6. The number of anilines is 1. The molecule has 0 aliphatic heterocycles. The second-order valence-corrected chi connectivity index (χ2v) is 4.84. The minimum absolute atomic E-state index is 0.103. The number of likely N-dealkylation sites (N-methyl/N-ethyl adjacent to an activating group) is 1. The molecule has 3 amide bonds. The van der Waals surface area contributed by atoms with Gasteiger partial charge in [-0.3, -0.25) is 4.79 Å². The number of alkyl halides is 3. The van der Waals surface area contributed by atoms with E-state index in [0.29, 0.717) is 12.6 Å². The van der Waals surface area contributed by atoms with Crippen molar-refractivity contribution in [2.24, 2.45) is 0 Å². The lowest BCUT2D eigenvalue weighted by Crippen LogP contribution is -2.46. The first-order valence-corrected chi connectivity index (χ1v) is 6.75. The number of carbonyl (C=O) groups is 2. The predicted octanol–water partition coefficient (Wildman–Crippen LogP) is 3.00. The van der Waals surface area contributed by atoms with Gasteiger partial charge in [0, 0.05) is 11.6 Å². The first-order chi connectivity index (χ1) is 10.1. The molecule has 22 heavy (non-hydrogen) atoms. The summed E-state index contributed by atoms with van der Waals surface area (Å²) in [5.41, 5.74) is -1.52. The topological polar surface area (TPSA) is 70.2 Å². The molecule has 0 radical (unpaired) electrons. The van der Waals surface area contributed by atoms with Crippen molar-refractivity contribution in [3.63, 3.8) is 0 Å². The molecule has 0 bridgehead atoms. The van der Waals surface area contributed by atoms with Crippen molar-refractivity contribution < 1.29 is 22.8 Å². The smallest absolute Gasteiger partial charge is 0.355 e. The average Bonchev–Trinajstić information content (AvgIpc) is 2.39. The van der Waals surface area contributed by atoms with E-state index in [9.17, 15) is 22.8 Å². The maximum Gasteiger partial charge on any atom is 0.418 e. The molecule has 3 N–H and O–H groups in total. The summed E-state index contributed by atoms with van der Waals surface area (Å²) in [6.07, 6.45) is -4.67. The number of nitrogens with one attached hydrogen (secondary N) is 3. The maximum atomic E-state index is 12.9. The lowest BCUT2D eigenvalue weighted by molar-refractivity contribution is -0.137. The van der Waals surface area contributed by atoms with E-state index in [1.807, 2.05) is 0 Å². The number of hydrogen-bond acceptors (Lipinski definition) is 2. The number of rotatable bonds is 4. The second-order valence-electron chi connectivity index (χ2n) is 4.40. The normalized spacial score (nSPS) is 12.5. The van der Waals surface area contributed by atoms with Gasteiger partial charge < -0.3 is 16.0 Å². The molecule has 0 unspecified atom stereocenters. The van der Waals surface area contributed by atoms with Crippen LogP contribution >= 0.6 is 11.6 Å². The highest BCUT2D eigenvalue weighted by molar-refractivity contribution is 6.30. The number of carbonyl (C=O) groups excluding carboxylic acids is 2. The molecule has 0 spiro atoms. The molecule has 0 aromatic heterocycles. The highest BCUT2D eigenvalue weighted by Gasteiger charge is 2.34. The summed E-state index contributed by atoms with van der Waals surface area (Å²) in [4.78, 5) is 23.1. The molecule has 0 aliphatic rings. The summed E-state index contributed by atoms with van der Waals surface area (Å²) >= 11 is 5.54. The lowest BCUT2D eigenvalue weighted by Gasteiger charge is -2.17. The standard InChI is InChI=1S/C13H15ClF3N3O2/c1-3-18-11(21)7(2)19-12(22)20-10-5-4-8(14)6-9(10)13(15,16)17/h4-7H,3H2,1-2H3,(H,18,21)(H2,19,20,22)/t7-/m0/s1.